The molecule has 1 aliphatic heterocycles. The number of amides is 1. The van der Waals surface area contributed by atoms with Crippen molar-refractivity contribution < 1.29 is 14.3 Å². The summed E-state index contributed by atoms with van der Waals surface area (Å²) in [6.45, 7) is 5.63. The molecule has 3 rings (SSSR count). The van der Waals surface area contributed by atoms with Crippen molar-refractivity contribution in [2.45, 2.75) is 32.9 Å². The number of fused-ring (bicyclic) bond motifs is 3. The fourth-order valence-electron chi connectivity index (χ4n) is 2.84. The van der Waals surface area contributed by atoms with E-state index in [0.29, 0.717) is 22.6 Å². The highest BCUT2D eigenvalue weighted by Gasteiger charge is 2.30. The van der Waals surface area contributed by atoms with Gasteiger partial charge >= 0.3 is 5.97 Å². The van der Waals surface area contributed by atoms with Crippen LogP contribution in [-0.2, 0) is 11.3 Å². The van der Waals surface area contributed by atoms with Crippen molar-refractivity contribution in [3.63, 3.8) is 0 Å². The smallest absolute Gasteiger partial charge is 0.359 e. The molecule has 0 radical (unpaired) electrons. The summed E-state index contributed by atoms with van der Waals surface area (Å²) in [6.07, 6.45) is 1.54. The van der Waals surface area contributed by atoms with E-state index >= 15 is 0 Å². The summed E-state index contributed by atoms with van der Waals surface area (Å²) in [7, 11) is 5.21. The molecule has 0 atom stereocenters. The molecular formula is C19H24N6O3. The standard InChI is InChI=1S/C19H24N6O3/c1-19(2,3)28-18(27)16-15-10-24(6)17(26)13-9-12(21-22-23(4)5)7-8-14(13)25(15)11-20-16/h7-9,11H,10H2,1-6H3. The van der Waals surface area contributed by atoms with Crippen molar-refractivity contribution in [2.24, 2.45) is 10.3 Å². The molecule has 0 spiro atoms. The number of carbonyl (C=O) groups excluding carboxylic acids is 2. The first kappa shape index (κ1) is 19.5. The fourth-order valence-corrected chi connectivity index (χ4v) is 2.84. The summed E-state index contributed by atoms with van der Waals surface area (Å²) in [6, 6.07) is 5.23. The number of ether oxygens (including phenoxy) is 1. The van der Waals surface area contributed by atoms with Crippen molar-refractivity contribution in [3.05, 3.63) is 41.5 Å². The van der Waals surface area contributed by atoms with Crippen LogP contribution < -0.4 is 0 Å². The lowest BCUT2D eigenvalue weighted by atomic mass is 10.1. The van der Waals surface area contributed by atoms with Gasteiger partial charge in [0.15, 0.2) is 5.69 Å². The Balaban J connectivity index is 2.08. The van der Waals surface area contributed by atoms with Gasteiger partial charge in [0.25, 0.3) is 5.91 Å². The lowest BCUT2D eigenvalue weighted by Gasteiger charge is -2.19. The number of esters is 1. The van der Waals surface area contributed by atoms with Crippen LogP contribution in [-0.4, -0.2) is 58.1 Å². The topological polar surface area (TPSA) is 92.4 Å². The van der Waals surface area contributed by atoms with E-state index in [2.05, 4.69) is 15.3 Å². The molecule has 0 bridgehead atoms. The van der Waals surface area contributed by atoms with Gasteiger partial charge < -0.3 is 9.64 Å². The third kappa shape index (κ3) is 3.88. The zero-order valence-corrected chi connectivity index (χ0v) is 16.9. The van der Waals surface area contributed by atoms with Crippen molar-refractivity contribution >= 4 is 17.6 Å². The van der Waals surface area contributed by atoms with E-state index in [1.54, 1.807) is 80.9 Å². The molecule has 9 heteroatoms. The highest BCUT2D eigenvalue weighted by atomic mass is 16.6. The minimum atomic E-state index is -0.635. The Bertz CT molecular complexity index is 955. The molecule has 28 heavy (non-hydrogen) atoms. The lowest BCUT2D eigenvalue weighted by molar-refractivity contribution is 0.00608. The van der Waals surface area contributed by atoms with Crippen molar-refractivity contribution in [2.75, 3.05) is 21.1 Å². The van der Waals surface area contributed by atoms with Crippen LogP contribution in [0.15, 0.2) is 34.9 Å². The molecule has 0 aliphatic carbocycles. The normalized spacial score (nSPS) is 13.9. The maximum absolute atomic E-state index is 12.9. The molecular weight excluding hydrogens is 360 g/mol. The Hall–Kier alpha value is -3.23. The van der Waals surface area contributed by atoms with Crippen LogP contribution in [0.3, 0.4) is 0 Å². The Morgan fingerprint density at radius 3 is 2.64 bits per heavy atom. The molecule has 1 aromatic heterocycles. The zero-order chi connectivity index (χ0) is 20.6. The van der Waals surface area contributed by atoms with Gasteiger partial charge in [-0.05, 0) is 39.0 Å². The second-order valence-corrected chi connectivity index (χ2v) is 7.81. The predicted octanol–water partition coefficient (Wildman–Crippen LogP) is 2.97. The van der Waals surface area contributed by atoms with E-state index in [1.165, 1.54) is 0 Å². The van der Waals surface area contributed by atoms with Crippen LogP contribution in [0.2, 0.25) is 0 Å². The first-order valence-corrected chi connectivity index (χ1v) is 8.85. The Morgan fingerprint density at radius 1 is 1.29 bits per heavy atom. The van der Waals surface area contributed by atoms with E-state index in [-0.39, 0.29) is 18.1 Å². The van der Waals surface area contributed by atoms with E-state index < -0.39 is 11.6 Å². The van der Waals surface area contributed by atoms with Crippen LogP contribution in [0, 0.1) is 0 Å². The molecule has 0 fully saturated rings. The molecule has 0 saturated carbocycles. The van der Waals surface area contributed by atoms with Crippen LogP contribution in [0.25, 0.3) is 5.69 Å². The van der Waals surface area contributed by atoms with E-state index in [1.807, 2.05) is 0 Å². The third-order valence-electron chi connectivity index (χ3n) is 4.00. The Labute approximate surface area is 163 Å². The minimum Gasteiger partial charge on any atom is -0.455 e. The first-order valence-electron chi connectivity index (χ1n) is 8.85. The van der Waals surface area contributed by atoms with Gasteiger partial charge in [-0.1, -0.05) is 5.22 Å². The molecule has 1 amide bonds. The number of carbonyl (C=O) groups is 2. The largest absolute Gasteiger partial charge is 0.455 e. The molecule has 0 saturated heterocycles. The lowest BCUT2D eigenvalue weighted by Crippen LogP contribution is -2.27. The van der Waals surface area contributed by atoms with E-state index in [9.17, 15) is 9.59 Å². The molecule has 1 aliphatic rings. The van der Waals surface area contributed by atoms with Gasteiger partial charge in [-0.25, -0.2) is 9.78 Å². The monoisotopic (exact) mass is 384 g/mol. The number of nitrogens with zero attached hydrogens (tertiary/aromatic N) is 6. The molecule has 148 valence electrons. The first-order chi connectivity index (χ1) is 13.1. The molecule has 9 nitrogen and oxygen atoms in total. The second-order valence-electron chi connectivity index (χ2n) is 7.81. The number of hydrogen-bond donors (Lipinski definition) is 0. The maximum Gasteiger partial charge on any atom is 0.359 e. The summed E-state index contributed by atoms with van der Waals surface area (Å²) in [5.74, 6) is -0.683. The summed E-state index contributed by atoms with van der Waals surface area (Å²) in [5, 5.41) is 9.65. The minimum absolute atomic E-state index is 0.171. The quantitative estimate of drug-likeness (QED) is 0.461. The van der Waals surface area contributed by atoms with Crippen molar-refractivity contribution in [1.82, 2.24) is 19.5 Å². The molecule has 0 N–H and O–H groups in total. The molecule has 2 aromatic rings. The molecule has 1 aromatic carbocycles. The Kier molecular flexibility index (Phi) is 4.93. The predicted molar refractivity (Wildman–Crippen MR) is 103 cm³/mol. The highest BCUT2D eigenvalue weighted by Crippen LogP contribution is 2.29. The van der Waals surface area contributed by atoms with Gasteiger partial charge in [0, 0.05) is 21.1 Å². The Morgan fingerprint density at radius 2 is 2.00 bits per heavy atom. The second kappa shape index (κ2) is 7.06. The van der Waals surface area contributed by atoms with Gasteiger partial charge in [-0.15, -0.1) is 5.11 Å². The average Bonchev–Trinajstić information content (AvgIpc) is 2.97. The number of aromatic nitrogens is 2. The van der Waals surface area contributed by atoms with Crippen LogP contribution in [0.1, 0.15) is 47.3 Å². The summed E-state index contributed by atoms with van der Waals surface area (Å²) >= 11 is 0. The number of rotatable bonds is 3. The summed E-state index contributed by atoms with van der Waals surface area (Å²) in [4.78, 5) is 31.3. The van der Waals surface area contributed by atoms with Gasteiger partial charge in [-0.3, -0.25) is 14.4 Å². The van der Waals surface area contributed by atoms with Crippen LogP contribution in [0.4, 0.5) is 5.69 Å². The summed E-state index contributed by atoms with van der Waals surface area (Å²) < 4.78 is 7.22. The summed E-state index contributed by atoms with van der Waals surface area (Å²) in [5.41, 5.74) is 1.83. The number of hydrogen-bond acceptors (Lipinski definition) is 6. The third-order valence-corrected chi connectivity index (χ3v) is 4.00. The molecule has 0 unspecified atom stereocenters. The van der Waals surface area contributed by atoms with E-state index in [0.717, 1.165) is 0 Å². The highest BCUT2D eigenvalue weighted by molar-refractivity contribution is 5.99. The van der Waals surface area contributed by atoms with Gasteiger partial charge in [0.2, 0.25) is 0 Å². The fraction of sp³-hybridized carbons (Fsp3) is 0.421. The average molecular weight is 384 g/mol. The molecule has 2 heterocycles. The van der Waals surface area contributed by atoms with Crippen LogP contribution >= 0.6 is 0 Å². The number of imidazole rings is 1. The maximum atomic E-state index is 12.9. The van der Waals surface area contributed by atoms with Crippen molar-refractivity contribution in [1.29, 1.82) is 0 Å². The number of benzene rings is 1. The zero-order valence-electron chi connectivity index (χ0n) is 16.9. The van der Waals surface area contributed by atoms with Crippen LogP contribution in [0.5, 0.6) is 0 Å². The van der Waals surface area contributed by atoms with E-state index in [4.69, 9.17) is 4.74 Å². The van der Waals surface area contributed by atoms with Crippen molar-refractivity contribution in [3.8, 4) is 5.69 Å². The van der Waals surface area contributed by atoms with Gasteiger partial charge in [0.05, 0.1) is 29.2 Å². The van der Waals surface area contributed by atoms with Gasteiger partial charge in [-0.2, -0.15) is 0 Å². The SMILES string of the molecule is CN(C)N=Nc1ccc2c(c1)C(=O)N(C)Cc1c(C(=O)OC(C)(C)C)ncn1-2. The van der Waals surface area contributed by atoms with Gasteiger partial charge in [0.1, 0.15) is 11.9 Å².